The van der Waals surface area contributed by atoms with Gasteiger partial charge in [-0.1, -0.05) is 48.0 Å². The Balaban J connectivity index is 2.01. The third-order valence-corrected chi connectivity index (χ3v) is 2.75. The number of aryl methyl sites for hydroxylation is 1. The zero-order valence-corrected chi connectivity index (χ0v) is 10.9. The molecule has 0 bridgehead atoms. The molecule has 0 amide bonds. The van der Waals surface area contributed by atoms with Crippen molar-refractivity contribution in [3.63, 3.8) is 0 Å². The number of aldehydes is 1. The van der Waals surface area contributed by atoms with Crippen molar-refractivity contribution in [2.75, 3.05) is 0 Å². The van der Waals surface area contributed by atoms with Gasteiger partial charge in [0.05, 0.1) is 0 Å². The number of ether oxygens (including phenoxy) is 1. The summed E-state index contributed by atoms with van der Waals surface area (Å²) in [4.78, 5) is 10.3. The topological polar surface area (TPSA) is 26.3 Å². The summed E-state index contributed by atoms with van der Waals surface area (Å²) >= 11 is 0. The average molecular weight is 252 g/mol. The van der Waals surface area contributed by atoms with Crippen LogP contribution >= 0.6 is 0 Å². The molecule has 0 aliphatic heterocycles. The fraction of sp³-hybridized carbons (Fsp3) is 0.118. The molecule has 0 radical (unpaired) electrons. The minimum atomic E-state index is 0.543. The van der Waals surface area contributed by atoms with E-state index < -0.39 is 0 Å². The van der Waals surface area contributed by atoms with Crippen LogP contribution in [0, 0.1) is 6.92 Å². The molecule has 0 atom stereocenters. The van der Waals surface area contributed by atoms with Crippen LogP contribution < -0.4 is 4.74 Å². The van der Waals surface area contributed by atoms with Crippen molar-refractivity contribution in [3.05, 3.63) is 71.3 Å². The predicted molar refractivity (Wildman–Crippen MR) is 77.1 cm³/mol. The van der Waals surface area contributed by atoms with Crippen LogP contribution in [0.25, 0.3) is 6.08 Å². The van der Waals surface area contributed by atoms with Gasteiger partial charge >= 0.3 is 0 Å². The summed E-state index contributed by atoms with van der Waals surface area (Å²) < 4.78 is 5.73. The molecule has 0 heterocycles. The van der Waals surface area contributed by atoms with E-state index in [0.29, 0.717) is 6.61 Å². The molecular formula is C17H16O2. The maximum atomic E-state index is 10.3. The lowest BCUT2D eigenvalue weighted by Gasteiger charge is -2.07. The molecule has 2 heteroatoms. The van der Waals surface area contributed by atoms with E-state index in [-0.39, 0.29) is 0 Å². The Kier molecular flexibility index (Phi) is 4.51. The lowest BCUT2D eigenvalue weighted by Crippen LogP contribution is -1.95. The van der Waals surface area contributed by atoms with Crippen LogP contribution in [0.1, 0.15) is 16.7 Å². The van der Waals surface area contributed by atoms with Gasteiger partial charge in [-0.2, -0.15) is 0 Å². The monoisotopic (exact) mass is 252 g/mol. The lowest BCUT2D eigenvalue weighted by atomic mass is 10.1. The lowest BCUT2D eigenvalue weighted by molar-refractivity contribution is -0.104. The van der Waals surface area contributed by atoms with E-state index in [1.807, 2.05) is 24.3 Å². The number of carbonyl (C=O) groups is 1. The standard InChI is InChI=1S/C17H16O2/c1-14-7-9-16(10-8-14)13-19-17-6-2-4-15(12-17)5-3-11-18/h2-12H,13H2,1H3/b5-3+. The fourth-order valence-electron chi connectivity index (χ4n) is 1.71. The van der Waals surface area contributed by atoms with E-state index in [0.717, 1.165) is 23.2 Å². The molecule has 0 aliphatic carbocycles. The summed E-state index contributed by atoms with van der Waals surface area (Å²) in [6, 6.07) is 15.9. The van der Waals surface area contributed by atoms with Crippen LogP contribution in [-0.4, -0.2) is 6.29 Å². The van der Waals surface area contributed by atoms with Crippen LogP contribution in [-0.2, 0) is 11.4 Å². The van der Waals surface area contributed by atoms with Gasteiger partial charge < -0.3 is 4.74 Å². The minimum absolute atomic E-state index is 0.543. The molecule has 0 aromatic heterocycles. The number of hydrogen-bond acceptors (Lipinski definition) is 2. The van der Waals surface area contributed by atoms with Crippen LogP contribution in [0.4, 0.5) is 0 Å². The molecule has 2 nitrogen and oxygen atoms in total. The van der Waals surface area contributed by atoms with Crippen molar-refractivity contribution in [2.45, 2.75) is 13.5 Å². The SMILES string of the molecule is Cc1ccc(COc2cccc(/C=C/C=O)c2)cc1. The first-order valence-corrected chi connectivity index (χ1v) is 6.18. The molecular weight excluding hydrogens is 236 g/mol. The van der Waals surface area contributed by atoms with Crippen molar-refractivity contribution in [3.8, 4) is 5.75 Å². The van der Waals surface area contributed by atoms with Crippen molar-refractivity contribution in [1.82, 2.24) is 0 Å². The number of carbonyl (C=O) groups excluding carboxylic acids is 1. The molecule has 0 aliphatic rings. The molecule has 2 rings (SSSR count). The van der Waals surface area contributed by atoms with Crippen LogP contribution in [0.5, 0.6) is 5.75 Å². The largest absolute Gasteiger partial charge is 0.489 e. The highest BCUT2D eigenvalue weighted by Crippen LogP contribution is 2.16. The highest BCUT2D eigenvalue weighted by Gasteiger charge is 1.97. The second-order valence-electron chi connectivity index (χ2n) is 4.34. The maximum Gasteiger partial charge on any atom is 0.142 e. The van der Waals surface area contributed by atoms with Gasteiger partial charge in [-0.05, 0) is 36.3 Å². The van der Waals surface area contributed by atoms with E-state index in [1.54, 1.807) is 6.08 Å². The van der Waals surface area contributed by atoms with Gasteiger partial charge in [-0.3, -0.25) is 4.79 Å². The van der Waals surface area contributed by atoms with E-state index >= 15 is 0 Å². The van der Waals surface area contributed by atoms with Crippen molar-refractivity contribution >= 4 is 12.4 Å². The summed E-state index contributed by atoms with van der Waals surface area (Å²) in [5, 5.41) is 0. The van der Waals surface area contributed by atoms with Crippen molar-refractivity contribution in [1.29, 1.82) is 0 Å². The first kappa shape index (κ1) is 13.1. The third kappa shape index (κ3) is 4.11. The zero-order valence-electron chi connectivity index (χ0n) is 10.9. The summed E-state index contributed by atoms with van der Waals surface area (Å²) in [6.07, 6.45) is 3.99. The molecule has 19 heavy (non-hydrogen) atoms. The average Bonchev–Trinajstić information content (AvgIpc) is 2.45. The molecule has 2 aromatic rings. The molecule has 0 saturated carbocycles. The molecule has 0 spiro atoms. The number of rotatable bonds is 5. The van der Waals surface area contributed by atoms with Crippen molar-refractivity contribution < 1.29 is 9.53 Å². The smallest absolute Gasteiger partial charge is 0.142 e. The van der Waals surface area contributed by atoms with Gasteiger partial charge in [-0.25, -0.2) is 0 Å². The van der Waals surface area contributed by atoms with Gasteiger partial charge in [0.1, 0.15) is 18.6 Å². The van der Waals surface area contributed by atoms with Gasteiger partial charge in [0.15, 0.2) is 0 Å². The van der Waals surface area contributed by atoms with Crippen molar-refractivity contribution in [2.24, 2.45) is 0 Å². The predicted octanol–water partition coefficient (Wildman–Crippen LogP) is 3.79. The third-order valence-electron chi connectivity index (χ3n) is 2.75. The Morgan fingerprint density at radius 1 is 1.11 bits per heavy atom. The van der Waals surface area contributed by atoms with E-state index in [1.165, 1.54) is 11.6 Å². The molecule has 0 saturated heterocycles. The zero-order chi connectivity index (χ0) is 13.5. The van der Waals surface area contributed by atoms with Gasteiger partial charge in [0.25, 0.3) is 0 Å². The number of allylic oxidation sites excluding steroid dienone is 1. The van der Waals surface area contributed by atoms with Crippen LogP contribution in [0.3, 0.4) is 0 Å². The molecule has 0 N–H and O–H groups in total. The van der Waals surface area contributed by atoms with Crippen LogP contribution in [0.15, 0.2) is 54.6 Å². The minimum Gasteiger partial charge on any atom is -0.489 e. The Morgan fingerprint density at radius 2 is 1.89 bits per heavy atom. The summed E-state index contributed by atoms with van der Waals surface area (Å²) in [5.41, 5.74) is 3.33. The highest BCUT2D eigenvalue weighted by molar-refractivity contribution is 5.74. The summed E-state index contributed by atoms with van der Waals surface area (Å²) in [5.74, 6) is 0.800. The Bertz CT molecular complexity index is 568. The summed E-state index contributed by atoms with van der Waals surface area (Å²) in [6.45, 7) is 2.61. The number of benzene rings is 2. The molecule has 2 aromatic carbocycles. The molecule has 0 unspecified atom stereocenters. The van der Waals surface area contributed by atoms with E-state index in [4.69, 9.17) is 4.74 Å². The first-order valence-electron chi connectivity index (χ1n) is 6.18. The molecule has 0 fully saturated rings. The number of hydrogen-bond donors (Lipinski definition) is 0. The highest BCUT2D eigenvalue weighted by atomic mass is 16.5. The van der Waals surface area contributed by atoms with Crippen LogP contribution in [0.2, 0.25) is 0 Å². The molecule has 96 valence electrons. The van der Waals surface area contributed by atoms with Gasteiger partial charge in [0.2, 0.25) is 0 Å². The quantitative estimate of drug-likeness (QED) is 0.598. The maximum absolute atomic E-state index is 10.3. The van der Waals surface area contributed by atoms with Gasteiger partial charge in [0, 0.05) is 0 Å². The summed E-state index contributed by atoms with van der Waals surface area (Å²) in [7, 11) is 0. The second kappa shape index (κ2) is 6.55. The normalized spacial score (nSPS) is 10.6. The van der Waals surface area contributed by atoms with E-state index in [9.17, 15) is 4.79 Å². The van der Waals surface area contributed by atoms with E-state index in [2.05, 4.69) is 31.2 Å². The second-order valence-corrected chi connectivity index (χ2v) is 4.34. The fourth-order valence-corrected chi connectivity index (χ4v) is 1.71. The Hall–Kier alpha value is -2.35. The first-order chi connectivity index (χ1) is 9.28. The van der Waals surface area contributed by atoms with Gasteiger partial charge in [-0.15, -0.1) is 0 Å². The Morgan fingerprint density at radius 3 is 2.63 bits per heavy atom. The Labute approximate surface area is 113 Å².